The number of hydrogen-bond donors (Lipinski definition) is 1. The molecule has 1 aromatic heterocycles. The van der Waals surface area contributed by atoms with Crippen molar-refractivity contribution < 1.29 is 26.7 Å². The molecular weight excluding hydrogens is 501 g/mol. The molecule has 0 bridgehead atoms. The van der Waals surface area contributed by atoms with Crippen LogP contribution in [0.5, 0.6) is 5.75 Å². The van der Waals surface area contributed by atoms with Crippen LogP contribution in [-0.2, 0) is 0 Å². The molecule has 32 heavy (non-hydrogen) atoms. The summed E-state index contributed by atoms with van der Waals surface area (Å²) in [5.41, 5.74) is 0.299. The number of fused-ring (bicyclic) bond motifs is 1. The topological polar surface area (TPSA) is 53.5 Å². The van der Waals surface area contributed by atoms with Gasteiger partial charge in [-0.1, -0.05) is 0 Å². The fraction of sp³-hybridized carbons (Fsp3) is 0.300. The number of rotatable bonds is 4. The number of nitrogens with zero attached hydrogens (tertiary/aromatic N) is 4. The number of benzene rings is 2. The molecule has 0 radical (unpaired) electrons. The van der Waals surface area contributed by atoms with Gasteiger partial charge >= 0.3 is 6.36 Å². The maximum Gasteiger partial charge on any atom is 0.573 e. The highest BCUT2D eigenvalue weighted by atomic mass is 79.9. The Morgan fingerprint density at radius 2 is 1.81 bits per heavy atom. The van der Waals surface area contributed by atoms with E-state index in [9.17, 15) is 22.0 Å². The van der Waals surface area contributed by atoms with Crippen molar-refractivity contribution in [2.45, 2.75) is 6.36 Å². The summed E-state index contributed by atoms with van der Waals surface area (Å²) in [6.45, 7) is 2.99. The minimum absolute atomic E-state index is 0.0611. The minimum Gasteiger partial charge on any atom is -0.404 e. The summed E-state index contributed by atoms with van der Waals surface area (Å²) in [6, 6.07) is 5.16. The van der Waals surface area contributed by atoms with E-state index in [1.165, 1.54) is 18.2 Å². The second kappa shape index (κ2) is 8.66. The fourth-order valence-corrected chi connectivity index (χ4v) is 3.75. The molecule has 1 saturated heterocycles. The minimum atomic E-state index is -4.92. The van der Waals surface area contributed by atoms with Crippen LogP contribution < -0.4 is 15.0 Å². The molecule has 6 nitrogen and oxygen atoms in total. The maximum atomic E-state index is 14.4. The lowest BCUT2D eigenvalue weighted by atomic mass is 10.2. The molecule has 1 aliphatic rings. The standard InChI is InChI=1S/C20H17BrF5N5O/c1-30-4-6-31(7-5-30)11-2-3-16(32-20(24,25)26)15(8-11)28-19-27-10-12-14(22)9-13(21)17(23)18(12)29-19/h2-3,8-10H,4-7H2,1H3,(H,27,28,29). The first-order chi connectivity index (χ1) is 15.1. The Labute approximate surface area is 188 Å². The molecule has 1 aliphatic heterocycles. The second-order valence-electron chi connectivity index (χ2n) is 7.25. The predicted octanol–water partition coefficient (Wildman–Crippen LogP) is 5.06. The normalized spacial score (nSPS) is 15.3. The van der Waals surface area contributed by atoms with Gasteiger partial charge in [0, 0.05) is 38.1 Å². The monoisotopic (exact) mass is 517 g/mol. The van der Waals surface area contributed by atoms with Crippen LogP contribution in [0.15, 0.2) is 34.9 Å². The number of anilines is 3. The Balaban J connectivity index is 1.72. The number of hydrogen-bond acceptors (Lipinski definition) is 6. The molecule has 2 aromatic carbocycles. The molecule has 0 aliphatic carbocycles. The van der Waals surface area contributed by atoms with Crippen molar-refractivity contribution in [3.05, 3.63) is 46.6 Å². The van der Waals surface area contributed by atoms with Crippen LogP contribution in [0.4, 0.5) is 39.3 Å². The molecule has 4 rings (SSSR count). The number of alkyl halides is 3. The fourth-order valence-electron chi connectivity index (χ4n) is 3.36. The molecule has 3 aromatic rings. The highest BCUT2D eigenvalue weighted by Crippen LogP contribution is 2.36. The van der Waals surface area contributed by atoms with Gasteiger partial charge in [0.15, 0.2) is 11.6 Å². The van der Waals surface area contributed by atoms with E-state index in [0.717, 1.165) is 25.4 Å². The van der Waals surface area contributed by atoms with E-state index in [0.29, 0.717) is 18.8 Å². The number of nitrogens with one attached hydrogen (secondary N) is 1. The van der Waals surface area contributed by atoms with Gasteiger partial charge in [-0.3, -0.25) is 0 Å². The first kappa shape index (κ1) is 22.5. The number of likely N-dealkylation sites (N-methyl/N-ethyl adjacent to an activating group) is 1. The lowest BCUT2D eigenvalue weighted by Crippen LogP contribution is -2.44. The highest BCUT2D eigenvalue weighted by Gasteiger charge is 2.32. The highest BCUT2D eigenvalue weighted by molar-refractivity contribution is 9.10. The SMILES string of the molecule is CN1CCN(c2ccc(OC(F)(F)F)c(Nc3ncc4c(F)cc(Br)c(F)c4n3)c2)CC1. The van der Waals surface area contributed by atoms with Gasteiger partial charge in [0.1, 0.15) is 11.3 Å². The lowest BCUT2D eigenvalue weighted by molar-refractivity contribution is -0.274. The maximum absolute atomic E-state index is 14.4. The van der Waals surface area contributed by atoms with E-state index in [2.05, 4.69) is 40.9 Å². The van der Waals surface area contributed by atoms with E-state index < -0.39 is 23.7 Å². The van der Waals surface area contributed by atoms with Crippen LogP contribution in [0.3, 0.4) is 0 Å². The lowest BCUT2D eigenvalue weighted by Gasteiger charge is -2.34. The molecule has 0 unspecified atom stereocenters. The van der Waals surface area contributed by atoms with Gasteiger partial charge in [0.05, 0.1) is 15.5 Å². The molecule has 1 fully saturated rings. The first-order valence-corrected chi connectivity index (χ1v) is 10.3. The Bertz CT molecular complexity index is 1150. The summed E-state index contributed by atoms with van der Waals surface area (Å²) in [6.07, 6.45) is -3.86. The van der Waals surface area contributed by atoms with Gasteiger partial charge in [0.25, 0.3) is 0 Å². The largest absolute Gasteiger partial charge is 0.573 e. The van der Waals surface area contributed by atoms with E-state index in [1.807, 2.05) is 11.9 Å². The summed E-state index contributed by atoms with van der Waals surface area (Å²) in [7, 11) is 1.99. The number of halogens is 6. The van der Waals surface area contributed by atoms with Crippen molar-refractivity contribution in [1.82, 2.24) is 14.9 Å². The molecule has 1 N–H and O–H groups in total. The summed E-state index contributed by atoms with van der Waals surface area (Å²) in [5.74, 6) is -2.26. The Morgan fingerprint density at radius 1 is 1.09 bits per heavy atom. The third-order valence-corrected chi connectivity index (χ3v) is 5.60. The van der Waals surface area contributed by atoms with Crippen LogP contribution in [0.2, 0.25) is 0 Å². The Hall–Kier alpha value is -2.73. The predicted molar refractivity (Wildman–Crippen MR) is 113 cm³/mol. The van der Waals surface area contributed by atoms with Crippen LogP contribution in [0.25, 0.3) is 10.9 Å². The van der Waals surface area contributed by atoms with Crippen molar-refractivity contribution in [3.63, 3.8) is 0 Å². The van der Waals surface area contributed by atoms with Crippen molar-refractivity contribution in [3.8, 4) is 5.75 Å². The molecule has 2 heterocycles. The molecular formula is C20H17BrF5N5O. The zero-order chi connectivity index (χ0) is 23.0. The average molecular weight is 518 g/mol. The summed E-state index contributed by atoms with van der Waals surface area (Å²) >= 11 is 2.91. The molecule has 170 valence electrons. The summed E-state index contributed by atoms with van der Waals surface area (Å²) in [5, 5.41) is 2.49. The van der Waals surface area contributed by atoms with Crippen molar-refractivity contribution in [2.75, 3.05) is 43.4 Å². The average Bonchev–Trinajstić information content (AvgIpc) is 2.73. The number of ether oxygens (including phenoxy) is 1. The van der Waals surface area contributed by atoms with Crippen LogP contribution in [-0.4, -0.2) is 54.5 Å². The Kier molecular flexibility index (Phi) is 6.08. The van der Waals surface area contributed by atoms with Crippen LogP contribution in [0, 0.1) is 11.6 Å². The number of aromatic nitrogens is 2. The van der Waals surface area contributed by atoms with E-state index in [4.69, 9.17) is 0 Å². The molecule has 0 amide bonds. The quantitative estimate of drug-likeness (QED) is 0.385. The van der Waals surface area contributed by atoms with Gasteiger partial charge in [-0.05, 0) is 47.2 Å². The van der Waals surface area contributed by atoms with Crippen LogP contribution >= 0.6 is 15.9 Å². The molecule has 0 spiro atoms. The van der Waals surface area contributed by atoms with Crippen molar-refractivity contribution in [2.24, 2.45) is 0 Å². The molecule has 0 saturated carbocycles. The third kappa shape index (κ3) is 4.85. The van der Waals surface area contributed by atoms with Gasteiger partial charge in [0.2, 0.25) is 5.95 Å². The van der Waals surface area contributed by atoms with Crippen molar-refractivity contribution >= 4 is 44.2 Å². The molecule has 0 atom stereocenters. The van der Waals surface area contributed by atoms with Crippen LogP contribution in [0.1, 0.15) is 0 Å². The van der Waals surface area contributed by atoms with E-state index >= 15 is 0 Å². The van der Waals surface area contributed by atoms with Gasteiger partial charge in [-0.25, -0.2) is 18.7 Å². The van der Waals surface area contributed by atoms with Gasteiger partial charge in [-0.2, -0.15) is 0 Å². The van der Waals surface area contributed by atoms with Crippen molar-refractivity contribution in [1.29, 1.82) is 0 Å². The zero-order valence-electron chi connectivity index (χ0n) is 16.7. The van der Waals surface area contributed by atoms with Gasteiger partial charge < -0.3 is 19.9 Å². The number of piperazine rings is 1. The van der Waals surface area contributed by atoms with E-state index in [-0.39, 0.29) is 27.0 Å². The summed E-state index contributed by atoms with van der Waals surface area (Å²) < 4.78 is 71.2. The second-order valence-corrected chi connectivity index (χ2v) is 8.11. The van der Waals surface area contributed by atoms with E-state index in [1.54, 1.807) is 0 Å². The molecule has 12 heteroatoms. The summed E-state index contributed by atoms with van der Waals surface area (Å²) in [4.78, 5) is 12.0. The van der Waals surface area contributed by atoms with Gasteiger partial charge in [-0.15, -0.1) is 13.2 Å². The first-order valence-electron chi connectivity index (χ1n) is 9.51. The third-order valence-electron chi connectivity index (χ3n) is 5.02. The Morgan fingerprint density at radius 3 is 2.50 bits per heavy atom. The zero-order valence-corrected chi connectivity index (χ0v) is 18.3. The smallest absolute Gasteiger partial charge is 0.404 e.